The average molecular weight is 1740 g/mol. The first-order chi connectivity index (χ1) is 65.1. The molecule has 2 aromatic heterocycles. The first kappa shape index (κ1) is 85.9. The van der Waals surface area contributed by atoms with Gasteiger partial charge in [-0.15, -0.1) is 0 Å². The number of furan rings is 2. The van der Waals surface area contributed by atoms with E-state index in [1.807, 2.05) is 0 Å². The van der Waals surface area contributed by atoms with Crippen molar-refractivity contribution in [2.75, 3.05) is 9.80 Å². The summed E-state index contributed by atoms with van der Waals surface area (Å²) in [6.07, 6.45) is 29.6. The summed E-state index contributed by atoms with van der Waals surface area (Å²) in [6.45, 7) is 24.2. The Bertz CT molecular complexity index is 7220. The van der Waals surface area contributed by atoms with E-state index in [0.29, 0.717) is 0 Å². The second-order valence-electron chi connectivity index (χ2n) is 41.4. The molecule has 0 radical (unpaired) electrons. The van der Waals surface area contributed by atoms with Crippen molar-refractivity contribution in [3.05, 3.63) is 359 Å². The predicted octanol–water partition coefficient (Wildman–Crippen LogP) is 38.3. The quantitative estimate of drug-likeness (QED) is 0.0384. The molecular weight excluding hydrogens is 1610 g/mol. The summed E-state index contributed by atoms with van der Waals surface area (Å²) in [5.74, 6) is 0. The molecule has 15 aromatic carbocycles. The van der Waals surface area contributed by atoms with Gasteiger partial charge in [0.25, 0.3) is 0 Å². The maximum Gasteiger partial charge on any atom is 0.144 e. The Kier molecular flexibility index (Phi) is 22.5. The number of hydrogen-bond acceptors (Lipinski definition) is 4. The van der Waals surface area contributed by atoms with E-state index in [1.54, 1.807) is 11.1 Å². The number of rotatable bonds is 33. The lowest BCUT2D eigenvalue weighted by Gasteiger charge is -2.35. The molecular formula is C129H128N2O2. The maximum absolute atomic E-state index is 7.46. The zero-order chi connectivity index (χ0) is 90.5. The monoisotopic (exact) mass is 1740 g/mol. The Hall–Kier alpha value is -12.5. The van der Waals surface area contributed by atoms with Gasteiger partial charge in [-0.25, -0.2) is 0 Å². The maximum atomic E-state index is 7.46. The molecule has 5 aliphatic rings. The van der Waals surface area contributed by atoms with Gasteiger partial charge in [-0.3, -0.25) is 0 Å². The van der Waals surface area contributed by atoms with E-state index in [9.17, 15) is 0 Å². The van der Waals surface area contributed by atoms with E-state index in [0.717, 1.165) is 87.7 Å². The number of benzene rings is 15. The Labute approximate surface area is 789 Å². The summed E-state index contributed by atoms with van der Waals surface area (Å²) in [6, 6.07) is 117. The number of para-hydroxylation sites is 4. The van der Waals surface area contributed by atoms with Crippen LogP contribution in [-0.2, 0) is 27.1 Å². The van der Waals surface area contributed by atoms with Crippen LogP contribution < -0.4 is 9.80 Å². The molecule has 4 heteroatoms. The molecule has 17 aromatic rings. The molecule has 0 amide bonds. The molecule has 0 bridgehead atoms. The fourth-order valence-electron chi connectivity index (χ4n) is 25.7. The summed E-state index contributed by atoms with van der Waals surface area (Å²) in [7, 11) is 0. The Morgan fingerprint density at radius 3 is 1.09 bits per heavy atom. The highest BCUT2D eigenvalue weighted by atomic mass is 16.3. The highest BCUT2D eigenvalue weighted by Crippen LogP contribution is 2.66. The van der Waals surface area contributed by atoms with Crippen LogP contribution in [0.15, 0.2) is 312 Å². The molecule has 4 nitrogen and oxygen atoms in total. The van der Waals surface area contributed by atoms with Crippen molar-refractivity contribution >= 4 is 78.0 Å². The number of hydrogen-bond donors (Lipinski definition) is 0. The van der Waals surface area contributed by atoms with Gasteiger partial charge >= 0.3 is 0 Å². The van der Waals surface area contributed by atoms with E-state index in [4.69, 9.17) is 8.83 Å². The second kappa shape index (κ2) is 34.8. The van der Waals surface area contributed by atoms with Crippen LogP contribution in [-0.4, -0.2) is 0 Å². The summed E-state index contributed by atoms with van der Waals surface area (Å²) in [5, 5.41) is 4.78. The van der Waals surface area contributed by atoms with Gasteiger partial charge in [-0.2, -0.15) is 0 Å². The van der Waals surface area contributed by atoms with Crippen LogP contribution in [0.4, 0.5) is 34.1 Å². The van der Waals surface area contributed by atoms with E-state index < -0.39 is 5.41 Å². The molecule has 0 fully saturated rings. The Morgan fingerprint density at radius 2 is 0.556 bits per heavy atom. The third kappa shape index (κ3) is 14.2. The largest absolute Gasteiger partial charge is 0.455 e. The standard InChI is InChI=1S/C129H128N2O2/c1-11-15-19-23-41-75-128(76-42-24-20-16-12-2)107-54-38-33-49-96(107)99-72-63-89(81-111(99)128)88-62-71-98-97-70-61-87(79-108(97)125(5,6)109(98)80-88)85-57-59-86(60-58-85)105-84-113-116(118-103-51-35-39-55-114(103)132-123(105)118)102-74-69-95(83-112(102)129(113,77-43-25-21-17-13-3)78-44-26-22-18-14-4)131(93-66-64-92(65-67-93)130(90-45-29-27-30-46-90)91-47-31-28-32-48-91)94-68-73-101-110(82-94)127(9,10)121-117(101)119-104-52-36-40-56-115(104)133-124(119)120-100-50-34-37-53-106(100)126(7,8)122(120)121/h27-40,45-74,79-84H,11-26,41-44,75-78H2,1-10H3. The Morgan fingerprint density at radius 1 is 0.218 bits per heavy atom. The molecule has 0 atom stereocenters. The van der Waals surface area contributed by atoms with Crippen molar-refractivity contribution < 1.29 is 8.83 Å². The van der Waals surface area contributed by atoms with E-state index in [2.05, 4.69) is 382 Å². The second-order valence-corrected chi connectivity index (χ2v) is 41.4. The van der Waals surface area contributed by atoms with Crippen molar-refractivity contribution in [2.45, 2.75) is 250 Å². The number of nitrogens with zero attached hydrogens (tertiary/aromatic N) is 2. The molecule has 0 saturated carbocycles. The van der Waals surface area contributed by atoms with Crippen molar-refractivity contribution in [1.29, 1.82) is 0 Å². The predicted molar refractivity (Wildman–Crippen MR) is 565 cm³/mol. The van der Waals surface area contributed by atoms with E-state index in [-0.39, 0.29) is 21.7 Å². The van der Waals surface area contributed by atoms with Gasteiger partial charge in [0, 0.05) is 93.9 Å². The highest BCUT2D eigenvalue weighted by molar-refractivity contribution is 6.22. The lowest BCUT2D eigenvalue weighted by atomic mass is 9.70. The minimum atomic E-state index is -0.412. The van der Waals surface area contributed by atoms with Crippen LogP contribution in [0.5, 0.6) is 0 Å². The van der Waals surface area contributed by atoms with E-state index in [1.165, 1.54) is 278 Å². The number of anilines is 6. The lowest BCUT2D eigenvalue weighted by molar-refractivity contribution is 0.399. The van der Waals surface area contributed by atoms with Crippen LogP contribution in [0.1, 0.15) is 279 Å². The lowest BCUT2D eigenvalue weighted by Crippen LogP contribution is -2.26. The molecule has 0 aliphatic heterocycles. The molecule has 133 heavy (non-hydrogen) atoms. The third-order valence-corrected chi connectivity index (χ3v) is 32.4. The fourth-order valence-corrected chi connectivity index (χ4v) is 25.7. The Balaban J connectivity index is 0.662. The summed E-state index contributed by atoms with van der Waals surface area (Å²) in [4.78, 5) is 5.00. The number of fused-ring (bicyclic) bond motifs is 25. The zero-order valence-corrected chi connectivity index (χ0v) is 80.0. The van der Waals surface area contributed by atoms with Gasteiger partial charge in [0.2, 0.25) is 0 Å². The highest BCUT2D eigenvalue weighted by Gasteiger charge is 2.51. The number of unbranched alkanes of at least 4 members (excludes halogenated alkanes) is 16. The van der Waals surface area contributed by atoms with Crippen molar-refractivity contribution in [3.63, 3.8) is 0 Å². The topological polar surface area (TPSA) is 32.8 Å². The van der Waals surface area contributed by atoms with E-state index >= 15 is 0 Å². The molecule has 22 rings (SSSR count). The molecule has 2 heterocycles. The average Bonchev–Trinajstić information content (AvgIpc) is 1.50. The molecule has 0 unspecified atom stereocenters. The van der Waals surface area contributed by atoms with Gasteiger partial charge in [0.15, 0.2) is 0 Å². The van der Waals surface area contributed by atoms with Gasteiger partial charge in [-0.05, 0) is 268 Å². The van der Waals surface area contributed by atoms with Gasteiger partial charge < -0.3 is 18.6 Å². The van der Waals surface area contributed by atoms with Crippen molar-refractivity contribution in [1.82, 2.24) is 0 Å². The van der Waals surface area contributed by atoms with Crippen LogP contribution in [0.2, 0.25) is 0 Å². The van der Waals surface area contributed by atoms with Gasteiger partial charge in [0.1, 0.15) is 22.3 Å². The normalized spacial score (nSPS) is 14.8. The van der Waals surface area contributed by atoms with Gasteiger partial charge in [0.05, 0.1) is 0 Å². The van der Waals surface area contributed by atoms with Gasteiger partial charge in [-0.1, -0.05) is 392 Å². The SMILES string of the molecule is CCCCCCCC1(CCCCCCC)c2ccccc2-c2ccc(-c3ccc4c(c3)C(C)(C)c3cc(-c5ccc(-c6cc7c(c8c6oc6ccccc68)-c6ccc(N(c8ccc(N(c9ccccc9)c9ccccc9)cc8)c8ccc9c(c8)C(C)(C)c8c%10c(c%11oc%12ccccc%12c%11c8-9)-c8ccccc8C%10(C)C)cc6C7(CCCCCCC)CCCCCCC)cc5)ccc3-4)cc21. The molecule has 0 N–H and O–H groups in total. The molecule has 0 spiro atoms. The van der Waals surface area contributed by atoms with Crippen LogP contribution in [0.25, 0.3) is 133 Å². The smallest absolute Gasteiger partial charge is 0.144 e. The fraction of sp³-hybridized carbons (Fsp3) is 0.302. The minimum absolute atomic E-state index is 0.0321. The summed E-state index contributed by atoms with van der Waals surface area (Å²) < 4.78 is 14.7. The van der Waals surface area contributed by atoms with Crippen LogP contribution in [0.3, 0.4) is 0 Å². The first-order valence-electron chi connectivity index (χ1n) is 50.9. The van der Waals surface area contributed by atoms with Crippen LogP contribution in [0, 0.1) is 0 Å². The van der Waals surface area contributed by atoms with Crippen molar-refractivity contribution in [3.8, 4) is 89.0 Å². The summed E-state index contributed by atoms with van der Waals surface area (Å²) in [5.41, 5.74) is 44.4. The summed E-state index contributed by atoms with van der Waals surface area (Å²) >= 11 is 0. The molecule has 5 aliphatic carbocycles. The van der Waals surface area contributed by atoms with Crippen molar-refractivity contribution in [2.24, 2.45) is 0 Å². The molecule has 0 saturated heterocycles. The first-order valence-corrected chi connectivity index (χ1v) is 50.9. The minimum Gasteiger partial charge on any atom is -0.455 e. The third-order valence-electron chi connectivity index (χ3n) is 32.4. The zero-order valence-electron chi connectivity index (χ0n) is 80.0. The molecule has 666 valence electrons. The van der Waals surface area contributed by atoms with Crippen LogP contribution >= 0.6 is 0 Å².